The maximum atomic E-state index is 11.8. The van der Waals surface area contributed by atoms with Gasteiger partial charge in [0.25, 0.3) is 0 Å². The topological polar surface area (TPSA) is 58.2 Å². The summed E-state index contributed by atoms with van der Waals surface area (Å²) in [5, 5.41) is 5.34. The van der Waals surface area contributed by atoms with Crippen molar-refractivity contribution in [1.29, 1.82) is 0 Å². The maximum absolute atomic E-state index is 11.8. The summed E-state index contributed by atoms with van der Waals surface area (Å²) in [5.41, 5.74) is 2.80. The molecule has 0 radical (unpaired) electrons. The number of rotatable bonds is 5. The Bertz CT molecular complexity index is 525. The van der Waals surface area contributed by atoms with E-state index in [1.54, 1.807) is 12.2 Å². The van der Waals surface area contributed by atoms with Crippen LogP contribution in [-0.2, 0) is 9.59 Å². The molecule has 1 aromatic rings. The van der Waals surface area contributed by atoms with E-state index in [9.17, 15) is 9.59 Å². The number of amides is 2. The van der Waals surface area contributed by atoms with E-state index in [2.05, 4.69) is 10.6 Å². The molecule has 0 saturated carbocycles. The lowest BCUT2D eigenvalue weighted by atomic mass is 10.1. The van der Waals surface area contributed by atoms with E-state index in [1.807, 2.05) is 45.0 Å². The van der Waals surface area contributed by atoms with Gasteiger partial charge in [-0.05, 0) is 31.9 Å². The van der Waals surface area contributed by atoms with Crippen LogP contribution >= 0.6 is 0 Å². The average molecular weight is 272 g/mol. The van der Waals surface area contributed by atoms with Crippen LogP contribution in [0.4, 0.5) is 5.69 Å². The first-order chi connectivity index (χ1) is 9.54. The molecule has 106 valence electrons. The normalized spacial score (nSPS) is 10.9. The maximum Gasteiger partial charge on any atom is 0.244 e. The zero-order valence-electron chi connectivity index (χ0n) is 12.1. The monoisotopic (exact) mass is 272 g/mol. The van der Waals surface area contributed by atoms with E-state index in [0.717, 1.165) is 16.8 Å². The SMILES string of the molecule is CC=CC=CC(=O)NCC(=O)Nc1c(C)cccc1C. The van der Waals surface area contributed by atoms with E-state index in [-0.39, 0.29) is 18.4 Å². The smallest absolute Gasteiger partial charge is 0.244 e. The van der Waals surface area contributed by atoms with Crippen LogP contribution in [0.15, 0.2) is 42.5 Å². The molecular weight excluding hydrogens is 252 g/mol. The molecular formula is C16H20N2O2. The fourth-order valence-corrected chi connectivity index (χ4v) is 1.68. The summed E-state index contributed by atoms with van der Waals surface area (Å²) >= 11 is 0. The highest BCUT2D eigenvalue weighted by atomic mass is 16.2. The highest BCUT2D eigenvalue weighted by molar-refractivity contribution is 5.97. The Labute approximate surface area is 119 Å². The van der Waals surface area contributed by atoms with Gasteiger partial charge in [-0.3, -0.25) is 9.59 Å². The Morgan fingerprint density at radius 3 is 2.40 bits per heavy atom. The number of carbonyl (C=O) groups excluding carboxylic acids is 2. The molecule has 2 amide bonds. The van der Waals surface area contributed by atoms with Crippen molar-refractivity contribution < 1.29 is 9.59 Å². The molecule has 20 heavy (non-hydrogen) atoms. The van der Waals surface area contributed by atoms with Crippen LogP contribution in [0.1, 0.15) is 18.1 Å². The lowest BCUT2D eigenvalue weighted by Gasteiger charge is -2.11. The Kier molecular flexibility index (Phi) is 6.23. The van der Waals surface area contributed by atoms with Gasteiger partial charge in [-0.1, -0.05) is 36.4 Å². The van der Waals surface area contributed by atoms with Crippen molar-refractivity contribution in [2.45, 2.75) is 20.8 Å². The van der Waals surface area contributed by atoms with Crippen LogP contribution < -0.4 is 10.6 Å². The molecule has 0 heterocycles. The Morgan fingerprint density at radius 1 is 1.15 bits per heavy atom. The lowest BCUT2D eigenvalue weighted by molar-refractivity contribution is -0.121. The quantitative estimate of drug-likeness (QED) is 0.639. The van der Waals surface area contributed by atoms with Crippen molar-refractivity contribution in [2.75, 3.05) is 11.9 Å². The van der Waals surface area contributed by atoms with Gasteiger partial charge >= 0.3 is 0 Å². The average Bonchev–Trinajstić information content (AvgIpc) is 2.41. The van der Waals surface area contributed by atoms with Crippen LogP contribution in [-0.4, -0.2) is 18.4 Å². The molecule has 0 aliphatic rings. The molecule has 0 aliphatic heterocycles. The second kappa shape index (κ2) is 7.94. The first-order valence-corrected chi connectivity index (χ1v) is 6.48. The number of para-hydroxylation sites is 1. The lowest BCUT2D eigenvalue weighted by Crippen LogP contribution is -2.32. The van der Waals surface area contributed by atoms with Gasteiger partial charge in [-0.15, -0.1) is 0 Å². The number of allylic oxidation sites excluding steroid dienone is 3. The predicted molar refractivity (Wildman–Crippen MR) is 81.5 cm³/mol. The van der Waals surface area contributed by atoms with Gasteiger partial charge in [-0.25, -0.2) is 0 Å². The first-order valence-electron chi connectivity index (χ1n) is 6.48. The number of hydrogen-bond donors (Lipinski definition) is 2. The van der Waals surface area contributed by atoms with E-state index in [1.165, 1.54) is 6.08 Å². The van der Waals surface area contributed by atoms with Crippen molar-refractivity contribution >= 4 is 17.5 Å². The van der Waals surface area contributed by atoms with Gasteiger partial charge < -0.3 is 10.6 Å². The first kappa shape index (κ1) is 15.7. The largest absolute Gasteiger partial charge is 0.343 e. The van der Waals surface area contributed by atoms with E-state index < -0.39 is 0 Å². The zero-order valence-corrected chi connectivity index (χ0v) is 12.1. The molecule has 0 bridgehead atoms. The van der Waals surface area contributed by atoms with E-state index >= 15 is 0 Å². The van der Waals surface area contributed by atoms with Gasteiger partial charge in [0.2, 0.25) is 11.8 Å². The number of hydrogen-bond acceptors (Lipinski definition) is 2. The van der Waals surface area contributed by atoms with Crippen molar-refractivity contribution in [3.05, 3.63) is 53.6 Å². The Hall–Kier alpha value is -2.36. The zero-order chi connectivity index (χ0) is 15.0. The molecule has 0 fully saturated rings. The molecule has 0 unspecified atom stereocenters. The van der Waals surface area contributed by atoms with Gasteiger partial charge in [0, 0.05) is 11.8 Å². The number of carbonyl (C=O) groups is 2. The number of aryl methyl sites for hydroxylation is 2. The minimum absolute atomic E-state index is 0.0488. The van der Waals surface area contributed by atoms with Crippen molar-refractivity contribution in [3.8, 4) is 0 Å². The fourth-order valence-electron chi connectivity index (χ4n) is 1.68. The fraction of sp³-hybridized carbons (Fsp3) is 0.250. The summed E-state index contributed by atoms with van der Waals surface area (Å²) in [7, 11) is 0. The van der Waals surface area contributed by atoms with Crippen molar-refractivity contribution in [3.63, 3.8) is 0 Å². The second-order valence-corrected chi connectivity index (χ2v) is 4.42. The van der Waals surface area contributed by atoms with Crippen LogP contribution in [0.3, 0.4) is 0 Å². The van der Waals surface area contributed by atoms with Crippen molar-refractivity contribution in [1.82, 2.24) is 5.32 Å². The summed E-state index contributed by atoms with van der Waals surface area (Å²) in [5.74, 6) is -0.532. The Balaban J connectivity index is 2.50. The second-order valence-electron chi connectivity index (χ2n) is 4.42. The van der Waals surface area contributed by atoms with Crippen LogP contribution in [0.2, 0.25) is 0 Å². The number of benzene rings is 1. The molecule has 1 rings (SSSR count). The van der Waals surface area contributed by atoms with Gasteiger partial charge in [0.05, 0.1) is 6.54 Å². The molecule has 4 heteroatoms. The van der Waals surface area contributed by atoms with Crippen LogP contribution in [0, 0.1) is 13.8 Å². The molecule has 0 aliphatic carbocycles. The number of anilines is 1. The minimum atomic E-state index is -0.292. The van der Waals surface area contributed by atoms with Gasteiger partial charge in [0.1, 0.15) is 0 Å². The van der Waals surface area contributed by atoms with Crippen LogP contribution in [0.25, 0.3) is 0 Å². The third kappa shape index (κ3) is 5.10. The highest BCUT2D eigenvalue weighted by Gasteiger charge is 2.07. The van der Waals surface area contributed by atoms with Gasteiger partial charge in [-0.2, -0.15) is 0 Å². The predicted octanol–water partition coefficient (Wildman–Crippen LogP) is 2.49. The third-order valence-electron chi connectivity index (χ3n) is 2.72. The highest BCUT2D eigenvalue weighted by Crippen LogP contribution is 2.18. The summed E-state index contributed by atoms with van der Waals surface area (Å²) in [6.07, 6.45) is 6.57. The summed E-state index contributed by atoms with van der Waals surface area (Å²) in [6, 6.07) is 5.80. The van der Waals surface area contributed by atoms with Crippen LogP contribution in [0.5, 0.6) is 0 Å². The number of nitrogens with one attached hydrogen (secondary N) is 2. The molecule has 4 nitrogen and oxygen atoms in total. The molecule has 0 spiro atoms. The van der Waals surface area contributed by atoms with E-state index in [4.69, 9.17) is 0 Å². The summed E-state index contributed by atoms with van der Waals surface area (Å²) in [4.78, 5) is 23.2. The molecule has 1 aromatic carbocycles. The summed E-state index contributed by atoms with van der Waals surface area (Å²) in [6.45, 7) is 5.68. The minimum Gasteiger partial charge on any atom is -0.343 e. The molecule has 0 atom stereocenters. The Morgan fingerprint density at radius 2 is 1.80 bits per heavy atom. The molecule has 0 saturated heterocycles. The third-order valence-corrected chi connectivity index (χ3v) is 2.72. The summed E-state index contributed by atoms with van der Waals surface area (Å²) < 4.78 is 0. The van der Waals surface area contributed by atoms with E-state index in [0.29, 0.717) is 0 Å². The van der Waals surface area contributed by atoms with Gasteiger partial charge in [0.15, 0.2) is 0 Å². The standard InChI is InChI=1S/C16H20N2O2/c1-4-5-6-10-14(19)17-11-15(20)18-16-12(2)8-7-9-13(16)3/h4-10H,11H2,1-3H3,(H,17,19)(H,18,20). The molecule has 0 aromatic heterocycles. The van der Waals surface area contributed by atoms with Crippen molar-refractivity contribution in [2.24, 2.45) is 0 Å². The molecule has 2 N–H and O–H groups in total.